The van der Waals surface area contributed by atoms with Gasteiger partial charge in [-0.1, -0.05) is 0 Å². The highest BCUT2D eigenvalue weighted by atomic mass is 16.5. The third-order valence-electron chi connectivity index (χ3n) is 3.10. The van der Waals surface area contributed by atoms with Crippen LogP contribution in [0.25, 0.3) is 0 Å². The van der Waals surface area contributed by atoms with Crippen LogP contribution in [0.3, 0.4) is 0 Å². The van der Waals surface area contributed by atoms with Crippen LogP contribution in [0, 0.1) is 0 Å². The zero-order valence-electron chi connectivity index (χ0n) is 8.65. The molecule has 2 aliphatic heterocycles. The molecule has 2 aliphatic rings. The molecule has 1 atom stereocenters. The lowest BCUT2D eigenvalue weighted by Gasteiger charge is -2.33. The minimum absolute atomic E-state index is 0.493. The number of ether oxygens (including phenoxy) is 1. The van der Waals surface area contributed by atoms with Crippen LogP contribution in [-0.2, 0) is 6.54 Å². The van der Waals surface area contributed by atoms with Crippen LogP contribution in [0.15, 0.2) is 18.3 Å². The van der Waals surface area contributed by atoms with Gasteiger partial charge >= 0.3 is 0 Å². The summed E-state index contributed by atoms with van der Waals surface area (Å²) in [5.74, 6) is 0.951. The molecular weight excluding hydrogens is 190 g/mol. The van der Waals surface area contributed by atoms with Crippen LogP contribution in [-0.4, -0.2) is 42.2 Å². The van der Waals surface area contributed by atoms with Gasteiger partial charge in [-0.25, -0.2) is 0 Å². The normalized spacial score (nSPS) is 26.0. The van der Waals surface area contributed by atoms with Crippen molar-refractivity contribution in [3.8, 4) is 5.75 Å². The molecule has 1 saturated heterocycles. The fourth-order valence-corrected chi connectivity index (χ4v) is 2.23. The Morgan fingerprint density at radius 1 is 1.53 bits per heavy atom. The molecule has 0 radical (unpaired) electrons. The summed E-state index contributed by atoms with van der Waals surface area (Å²) in [6.45, 7) is 4.87. The number of piperazine rings is 1. The number of hydrogen-bond donors (Lipinski definition) is 1. The molecule has 0 bridgehead atoms. The second-order valence-electron chi connectivity index (χ2n) is 4.09. The topological polar surface area (TPSA) is 37.4 Å². The first kappa shape index (κ1) is 9.12. The molecule has 15 heavy (non-hydrogen) atoms. The fraction of sp³-hybridized carbons (Fsp3) is 0.545. The Labute approximate surface area is 89.3 Å². The van der Waals surface area contributed by atoms with E-state index in [9.17, 15) is 0 Å². The van der Waals surface area contributed by atoms with Gasteiger partial charge in [-0.15, -0.1) is 0 Å². The van der Waals surface area contributed by atoms with Crippen LogP contribution >= 0.6 is 0 Å². The molecule has 0 aromatic carbocycles. The van der Waals surface area contributed by atoms with Crippen LogP contribution in [0.4, 0.5) is 0 Å². The highest BCUT2D eigenvalue weighted by molar-refractivity contribution is 5.27. The minimum atomic E-state index is 0.493. The van der Waals surface area contributed by atoms with E-state index in [0.717, 1.165) is 44.2 Å². The molecule has 1 fully saturated rings. The van der Waals surface area contributed by atoms with Crippen molar-refractivity contribution in [1.29, 1.82) is 0 Å². The summed E-state index contributed by atoms with van der Waals surface area (Å²) in [4.78, 5) is 6.84. The SMILES string of the molecule is c1cnc2c(c1)OCC1CNCCN1C2. The summed E-state index contributed by atoms with van der Waals surface area (Å²) in [6.07, 6.45) is 1.84. The monoisotopic (exact) mass is 205 g/mol. The van der Waals surface area contributed by atoms with Gasteiger partial charge in [0.1, 0.15) is 12.4 Å². The number of nitrogens with one attached hydrogen (secondary N) is 1. The molecule has 1 aromatic heterocycles. The molecule has 4 nitrogen and oxygen atoms in total. The van der Waals surface area contributed by atoms with Crippen molar-refractivity contribution in [1.82, 2.24) is 15.2 Å². The first-order valence-electron chi connectivity index (χ1n) is 5.45. The van der Waals surface area contributed by atoms with E-state index >= 15 is 0 Å². The Balaban J connectivity index is 1.88. The molecule has 0 spiro atoms. The molecule has 3 heterocycles. The molecule has 1 aromatic rings. The van der Waals surface area contributed by atoms with Crippen LogP contribution in [0.5, 0.6) is 5.75 Å². The molecule has 80 valence electrons. The molecular formula is C11H15N3O. The van der Waals surface area contributed by atoms with Crippen molar-refractivity contribution in [2.24, 2.45) is 0 Å². The first-order chi connectivity index (χ1) is 7.43. The van der Waals surface area contributed by atoms with Crippen LogP contribution < -0.4 is 10.1 Å². The maximum absolute atomic E-state index is 5.77. The Morgan fingerprint density at radius 3 is 3.53 bits per heavy atom. The van der Waals surface area contributed by atoms with Gasteiger partial charge in [0.05, 0.1) is 11.7 Å². The van der Waals surface area contributed by atoms with Crippen molar-refractivity contribution in [2.75, 3.05) is 26.2 Å². The third kappa shape index (κ3) is 1.70. The summed E-state index contributed by atoms with van der Waals surface area (Å²) in [6, 6.07) is 4.43. The lowest BCUT2D eigenvalue weighted by atomic mass is 10.2. The Hall–Kier alpha value is -1.13. The lowest BCUT2D eigenvalue weighted by molar-refractivity contribution is 0.119. The number of rotatable bonds is 0. The summed E-state index contributed by atoms with van der Waals surface area (Å²) in [5.41, 5.74) is 1.07. The maximum Gasteiger partial charge on any atom is 0.142 e. The van der Waals surface area contributed by atoms with Gasteiger partial charge in [0, 0.05) is 32.4 Å². The van der Waals surface area contributed by atoms with Gasteiger partial charge in [0.2, 0.25) is 0 Å². The van der Waals surface area contributed by atoms with E-state index in [1.165, 1.54) is 0 Å². The summed E-state index contributed by atoms with van der Waals surface area (Å²) < 4.78 is 5.77. The van der Waals surface area contributed by atoms with Gasteiger partial charge < -0.3 is 10.1 Å². The van der Waals surface area contributed by atoms with Gasteiger partial charge in [-0.3, -0.25) is 9.88 Å². The quantitative estimate of drug-likeness (QED) is 0.658. The van der Waals surface area contributed by atoms with Gasteiger partial charge in [0.15, 0.2) is 0 Å². The van der Waals surface area contributed by atoms with Crippen LogP contribution in [0.1, 0.15) is 5.69 Å². The molecule has 0 aliphatic carbocycles. The van der Waals surface area contributed by atoms with Crippen LogP contribution in [0.2, 0.25) is 0 Å². The largest absolute Gasteiger partial charge is 0.490 e. The van der Waals surface area contributed by atoms with E-state index < -0.39 is 0 Å². The summed E-state index contributed by atoms with van der Waals surface area (Å²) in [5, 5.41) is 3.40. The molecule has 0 saturated carbocycles. The highest BCUT2D eigenvalue weighted by Gasteiger charge is 2.27. The number of fused-ring (bicyclic) bond motifs is 2. The molecule has 0 amide bonds. The molecule has 1 unspecified atom stereocenters. The average molecular weight is 205 g/mol. The number of nitrogens with zero attached hydrogens (tertiary/aromatic N) is 2. The Bertz CT molecular complexity index is 355. The van der Waals surface area contributed by atoms with Crippen molar-refractivity contribution in [3.05, 3.63) is 24.0 Å². The fourth-order valence-electron chi connectivity index (χ4n) is 2.23. The van der Waals surface area contributed by atoms with Crippen molar-refractivity contribution in [3.63, 3.8) is 0 Å². The van der Waals surface area contributed by atoms with Crippen molar-refractivity contribution in [2.45, 2.75) is 12.6 Å². The van der Waals surface area contributed by atoms with Gasteiger partial charge in [-0.05, 0) is 12.1 Å². The van der Waals surface area contributed by atoms with Crippen molar-refractivity contribution >= 4 is 0 Å². The minimum Gasteiger partial charge on any atom is -0.490 e. The van der Waals surface area contributed by atoms with Gasteiger partial charge in [0.25, 0.3) is 0 Å². The van der Waals surface area contributed by atoms with E-state index in [2.05, 4.69) is 15.2 Å². The second kappa shape index (κ2) is 3.79. The second-order valence-corrected chi connectivity index (χ2v) is 4.09. The van der Waals surface area contributed by atoms with E-state index in [4.69, 9.17) is 4.74 Å². The number of pyridine rings is 1. The average Bonchev–Trinajstić information content (AvgIpc) is 2.48. The van der Waals surface area contributed by atoms with E-state index in [1.54, 1.807) is 0 Å². The van der Waals surface area contributed by atoms with E-state index in [1.807, 2.05) is 18.3 Å². The molecule has 4 heteroatoms. The smallest absolute Gasteiger partial charge is 0.142 e. The standard InChI is InChI=1S/C11H15N3O/c1-2-11-10(13-3-1)7-14-5-4-12-6-9(14)8-15-11/h1-3,9,12H,4-8H2. The molecule has 1 N–H and O–H groups in total. The summed E-state index contributed by atoms with van der Waals surface area (Å²) in [7, 11) is 0. The Kier molecular flexibility index (Phi) is 2.31. The Morgan fingerprint density at radius 2 is 2.53 bits per heavy atom. The summed E-state index contributed by atoms with van der Waals surface area (Å²) >= 11 is 0. The first-order valence-corrected chi connectivity index (χ1v) is 5.45. The predicted octanol–water partition coefficient (Wildman–Crippen LogP) is 0.248. The molecule has 3 rings (SSSR count). The number of hydrogen-bond acceptors (Lipinski definition) is 4. The van der Waals surface area contributed by atoms with E-state index in [0.29, 0.717) is 6.04 Å². The maximum atomic E-state index is 5.77. The zero-order valence-corrected chi connectivity index (χ0v) is 8.65. The zero-order chi connectivity index (χ0) is 10.1. The predicted molar refractivity (Wildman–Crippen MR) is 56.8 cm³/mol. The highest BCUT2D eigenvalue weighted by Crippen LogP contribution is 2.22. The number of aromatic nitrogens is 1. The van der Waals surface area contributed by atoms with Gasteiger partial charge in [-0.2, -0.15) is 0 Å². The van der Waals surface area contributed by atoms with Crippen molar-refractivity contribution < 1.29 is 4.74 Å². The van der Waals surface area contributed by atoms with E-state index in [-0.39, 0.29) is 0 Å². The third-order valence-corrected chi connectivity index (χ3v) is 3.10. The lowest BCUT2D eigenvalue weighted by Crippen LogP contribution is -2.52.